The van der Waals surface area contributed by atoms with E-state index in [0.29, 0.717) is 11.3 Å². The molecule has 0 heterocycles. The second-order valence-electron chi connectivity index (χ2n) is 4.90. The molecule has 0 amide bonds. The maximum atomic E-state index is 12.3. The van der Waals surface area contributed by atoms with Crippen molar-refractivity contribution >= 4 is 23.6 Å². The number of thioether (sulfide) groups is 1. The largest absolute Gasteiger partial charge is 0.507 e. The van der Waals surface area contributed by atoms with E-state index in [4.69, 9.17) is 0 Å². The number of carbonyl (C=O) groups is 1. The first kappa shape index (κ1) is 15.4. The van der Waals surface area contributed by atoms with Crippen LogP contribution < -0.4 is 0 Å². The molecule has 0 aliphatic carbocycles. The molecule has 0 bridgehead atoms. The van der Waals surface area contributed by atoms with Crippen LogP contribution in [0, 0.1) is 13.8 Å². The fourth-order valence-electron chi connectivity index (χ4n) is 2.20. The van der Waals surface area contributed by atoms with E-state index in [2.05, 4.69) is 0 Å². The number of aromatic hydroxyl groups is 1. The smallest absolute Gasteiger partial charge is 0.186 e. The van der Waals surface area contributed by atoms with Gasteiger partial charge in [-0.05, 0) is 67.1 Å². The Kier molecular flexibility index (Phi) is 4.86. The summed E-state index contributed by atoms with van der Waals surface area (Å²) in [4.78, 5) is 13.3. The third-order valence-electron chi connectivity index (χ3n) is 3.31. The minimum absolute atomic E-state index is 0.0108. The van der Waals surface area contributed by atoms with E-state index < -0.39 is 0 Å². The van der Waals surface area contributed by atoms with Crippen LogP contribution in [-0.4, -0.2) is 17.1 Å². The van der Waals surface area contributed by atoms with Gasteiger partial charge in [0.05, 0.1) is 0 Å². The zero-order chi connectivity index (χ0) is 15.4. The molecule has 3 heteroatoms. The fraction of sp³-hybridized carbons (Fsp3) is 0.167. The van der Waals surface area contributed by atoms with Crippen LogP contribution in [0.4, 0.5) is 0 Å². The zero-order valence-corrected chi connectivity index (χ0v) is 13.2. The minimum atomic E-state index is -0.0108. The first-order valence-corrected chi connectivity index (χ1v) is 7.91. The Morgan fingerprint density at radius 1 is 1.14 bits per heavy atom. The van der Waals surface area contributed by atoms with Crippen molar-refractivity contribution in [2.24, 2.45) is 0 Å². The van der Waals surface area contributed by atoms with E-state index in [0.717, 1.165) is 21.6 Å². The number of hydrogen-bond acceptors (Lipinski definition) is 3. The van der Waals surface area contributed by atoms with Crippen LogP contribution in [0.25, 0.3) is 6.08 Å². The van der Waals surface area contributed by atoms with Gasteiger partial charge in [0.2, 0.25) is 0 Å². The highest BCUT2D eigenvalue weighted by molar-refractivity contribution is 7.98. The number of rotatable bonds is 4. The second kappa shape index (κ2) is 6.64. The number of aryl methyl sites for hydroxylation is 2. The normalized spacial score (nSPS) is 11.0. The molecular weight excluding hydrogens is 280 g/mol. The van der Waals surface area contributed by atoms with Gasteiger partial charge >= 0.3 is 0 Å². The fourth-order valence-corrected chi connectivity index (χ4v) is 2.80. The van der Waals surface area contributed by atoms with Gasteiger partial charge in [-0.2, -0.15) is 0 Å². The monoisotopic (exact) mass is 298 g/mol. The summed E-state index contributed by atoms with van der Waals surface area (Å²) in [7, 11) is 0. The number of phenols is 1. The SMILES string of the molecule is CSc1ccccc1C(=O)C=Cc1cc(C)c(O)c(C)c1. The second-order valence-corrected chi connectivity index (χ2v) is 5.75. The summed E-state index contributed by atoms with van der Waals surface area (Å²) in [6.45, 7) is 3.70. The summed E-state index contributed by atoms with van der Waals surface area (Å²) >= 11 is 1.56. The molecule has 0 fully saturated rings. The molecule has 0 saturated carbocycles. The van der Waals surface area contributed by atoms with Crippen molar-refractivity contribution in [3.63, 3.8) is 0 Å². The molecule has 1 N–H and O–H groups in total. The average molecular weight is 298 g/mol. The van der Waals surface area contributed by atoms with Gasteiger partial charge in [0.15, 0.2) is 5.78 Å². The van der Waals surface area contributed by atoms with Gasteiger partial charge in [-0.15, -0.1) is 11.8 Å². The zero-order valence-electron chi connectivity index (χ0n) is 12.4. The summed E-state index contributed by atoms with van der Waals surface area (Å²) in [5.41, 5.74) is 3.25. The van der Waals surface area contributed by atoms with Gasteiger partial charge in [-0.3, -0.25) is 4.79 Å². The van der Waals surface area contributed by atoms with Gasteiger partial charge < -0.3 is 5.11 Å². The molecular formula is C18H18O2S. The number of benzene rings is 2. The molecule has 0 radical (unpaired) electrons. The summed E-state index contributed by atoms with van der Waals surface area (Å²) in [5, 5.41) is 9.76. The van der Waals surface area contributed by atoms with Crippen LogP contribution in [0.2, 0.25) is 0 Å². The molecule has 21 heavy (non-hydrogen) atoms. The maximum Gasteiger partial charge on any atom is 0.186 e. The van der Waals surface area contributed by atoms with Crippen molar-refractivity contribution < 1.29 is 9.90 Å². The molecule has 2 nitrogen and oxygen atoms in total. The van der Waals surface area contributed by atoms with Crippen LogP contribution >= 0.6 is 11.8 Å². The summed E-state index contributed by atoms with van der Waals surface area (Å²) in [6.07, 6.45) is 5.34. The average Bonchev–Trinajstić information content (AvgIpc) is 2.50. The van der Waals surface area contributed by atoms with E-state index in [1.54, 1.807) is 23.9 Å². The van der Waals surface area contributed by atoms with Crippen LogP contribution in [0.3, 0.4) is 0 Å². The first-order valence-electron chi connectivity index (χ1n) is 6.68. The topological polar surface area (TPSA) is 37.3 Å². The first-order chi connectivity index (χ1) is 10.0. The van der Waals surface area contributed by atoms with Crippen molar-refractivity contribution in [3.05, 3.63) is 64.7 Å². The van der Waals surface area contributed by atoms with Gasteiger partial charge in [-0.25, -0.2) is 0 Å². The predicted molar refractivity (Wildman–Crippen MR) is 89.2 cm³/mol. The van der Waals surface area contributed by atoms with E-state index >= 15 is 0 Å². The standard InChI is InChI=1S/C18H18O2S/c1-12-10-14(11-13(2)18(12)20)8-9-16(19)15-6-4-5-7-17(15)21-3/h4-11,20H,1-3H3. The van der Waals surface area contributed by atoms with Crippen LogP contribution in [0.15, 0.2) is 47.4 Å². The quantitative estimate of drug-likeness (QED) is 0.508. The number of hydrogen-bond donors (Lipinski definition) is 1. The van der Waals surface area contributed by atoms with Crippen LogP contribution in [-0.2, 0) is 0 Å². The van der Waals surface area contributed by atoms with E-state index in [-0.39, 0.29) is 5.78 Å². The van der Waals surface area contributed by atoms with E-state index in [9.17, 15) is 9.90 Å². The van der Waals surface area contributed by atoms with Gasteiger partial charge in [0.25, 0.3) is 0 Å². The molecule has 108 valence electrons. The summed E-state index contributed by atoms with van der Waals surface area (Å²) in [5.74, 6) is 0.300. The molecule has 0 spiro atoms. The number of allylic oxidation sites excluding steroid dienone is 1. The number of ketones is 1. The number of phenolic OH excluding ortho intramolecular Hbond substituents is 1. The minimum Gasteiger partial charge on any atom is -0.507 e. The Bertz CT molecular complexity index is 679. The lowest BCUT2D eigenvalue weighted by atomic mass is 10.0. The van der Waals surface area contributed by atoms with Gasteiger partial charge in [-0.1, -0.05) is 18.2 Å². The highest BCUT2D eigenvalue weighted by atomic mass is 32.2. The van der Waals surface area contributed by atoms with E-state index in [1.807, 2.05) is 56.5 Å². The van der Waals surface area contributed by atoms with Crippen molar-refractivity contribution in [2.75, 3.05) is 6.26 Å². The van der Waals surface area contributed by atoms with E-state index in [1.165, 1.54) is 0 Å². The Hall–Kier alpha value is -2.00. The lowest BCUT2D eigenvalue weighted by Crippen LogP contribution is -1.96. The molecule has 0 aromatic heterocycles. The Labute approximate surface area is 129 Å². The van der Waals surface area contributed by atoms with Crippen molar-refractivity contribution in [3.8, 4) is 5.75 Å². The molecule has 0 unspecified atom stereocenters. The molecule has 0 aliphatic heterocycles. The summed E-state index contributed by atoms with van der Waals surface area (Å²) in [6, 6.07) is 11.3. The number of carbonyl (C=O) groups excluding carboxylic acids is 1. The van der Waals surface area contributed by atoms with Crippen LogP contribution in [0.5, 0.6) is 5.75 Å². The van der Waals surface area contributed by atoms with Crippen molar-refractivity contribution in [2.45, 2.75) is 18.7 Å². The molecule has 2 rings (SSSR count). The van der Waals surface area contributed by atoms with Gasteiger partial charge in [0.1, 0.15) is 5.75 Å². The molecule has 0 atom stereocenters. The molecule has 0 aliphatic rings. The Balaban J connectivity index is 2.27. The molecule has 2 aromatic carbocycles. The van der Waals surface area contributed by atoms with Gasteiger partial charge in [0, 0.05) is 10.5 Å². The third-order valence-corrected chi connectivity index (χ3v) is 4.11. The Morgan fingerprint density at radius 2 is 1.76 bits per heavy atom. The lowest BCUT2D eigenvalue weighted by Gasteiger charge is -2.05. The highest BCUT2D eigenvalue weighted by Gasteiger charge is 2.07. The van der Waals surface area contributed by atoms with Crippen molar-refractivity contribution in [1.29, 1.82) is 0 Å². The predicted octanol–water partition coefficient (Wildman–Crippen LogP) is 4.63. The molecule has 2 aromatic rings. The van der Waals surface area contributed by atoms with Crippen molar-refractivity contribution in [1.82, 2.24) is 0 Å². The Morgan fingerprint density at radius 3 is 2.38 bits per heavy atom. The van der Waals surface area contributed by atoms with Crippen LogP contribution in [0.1, 0.15) is 27.0 Å². The highest BCUT2D eigenvalue weighted by Crippen LogP contribution is 2.24. The lowest BCUT2D eigenvalue weighted by molar-refractivity contribution is 0.104. The summed E-state index contributed by atoms with van der Waals surface area (Å²) < 4.78 is 0. The third kappa shape index (κ3) is 3.56. The molecule has 0 saturated heterocycles. The maximum absolute atomic E-state index is 12.3.